The molecule has 0 aliphatic carbocycles. The van der Waals surface area contributed by atoms with Crippen LogP contribution in [0.1, 0.15) is 70.5 Å². The van der Waals surface area contributed by atoms with Gasteiger partial charge in [0.25, 0.3) is 0 Å². The molecule has 108 valence electrons. The van der Waals surface area contributed by atoms with E-state index in [0.29, 0.717) is 6.04 Å². The Kier molecular flexibility index (Phi) is 9.10. The number of pyridine rings is 1. The molecule has 0 radical (unpaired) electrons. The second-order valence-electron chi connectivity index (χ2n) is 5.04. The Morgan fingerprint density at radius 1 is 1.16 bits per heavy atom. The fourth-order valence-electron chi connectivity index (χ4n) is 2.36. The van der Waals surface area contributed by atoms with Gasteiger partial charge in [-0.3, -0.25) is 4.98 Å². The lowest BCUT2D eigenvalue weighted by Crippen LogP contribution is -2.22. The zero-order chi connectivity index (χ0) is 13.9. The van der Waals surface area contributed by atoms with E-state index in [-0.39, 0.29) is 0 Å². The molecule has 0 saturated carbocycles. The first kappa shape index (κ1) is 16.6. The van der Waals surface area contributed by atoms with E-state index in [1.54, 1.807) is 0 Å². The van der Waals surface area contributed by atoms with E-state index in [1.165, 1.54) is 44.9 Å². The number of rotatable bonds is 10. The summed E-state index contributed by atoms with van der Waals surface area (Å²) in [7, 11) is 0. The third-order valence-corrected chi connectivity index (χ3v) is 4.08. The summed E-state index contributed by atoms with van der Waals surface area (Å²) < 4.78 is 1.12. The van der Waals surface area contributed by atoms with Gasteiger partial charge in [0.1, 0.15) is 0 Å². The molecular weight excluding hydrogens is 300 g/mol. The molecule has 0 amide bonds. The molecule has 0 bridgehead atoms. The lowest BCUT2D eigenvalue weighted by molar-refractivity contribution is 0.467. The van der Waals surface area contributed by atoms with E-state index in [2.05, 4.69) is 46.1 Å². The Morgan fingerprint density at radius 3 is 2.58 bits per heavy atom. The van der Waals surface area contributed by atoms with Crippen LogP contribution >= 0.6 is 15.9 Å². The summed E-state index contributed by atoms with van der Waals surface area (Å²) in [6.45, 7) is 5.41. The second kappa shape index (κ2) is 10.4. The van der Waals surface area contributed by atoms with Crippen molar-refractivity contribution >= 4 is 15.9 Å². The molecule has 19 heavy (non-hydrogen) atoms. The lowest BCUT2D eigenvalue weighted by Gasteiger charge is -2.18. The number of aromatic nitrogens is 1. The zero-order valence-electron chi connectivity index (χ0n) is 12.3. The summed E-state index contributed by atoms with van der Waals surface area (Å²) in [5.41, 5.74) is 1.15. The van der Waals surface area contributed by atoms with Crippen molar-refractivity contribution in [3.63, 3.8) is 0 Å². The fraction of sp³-hybridized carbons (Fsp3) is 0.688. The van der Waals surface area contributed by atoms with Crippen molar-refractivity contribution < 1.29 is 0 Å². The standard InChI is InChI=1S/C16H27BrN2/c1-3-5-6-7-8-9-12-15(18-4-2)16-14(17)11-10-13-19-16/h10-11,13,15,18H,3-9,12H2,1-2H3. The van der Waals surface area contributed by atoms with E-state index in [4.69, 9.17) is 0 Å². The molecule has 0 aliphatic heterocycles. The highest BCUT2D eigenvalue weighted by Crippen LogP contribution is 2.25. The van der Waals surface area contributed by atoms with Crippen molar-refractivity contribution in [1.29, 1.82) is 0 Å². The van der Waals surface area contributed by atoms with Gasteiger partial charge in [-0.05, 0) is 41.0 Å². The average molecular weight is 327 g/mol. The molecule has 0 fully saturated rings. The Morgan fingerprint density at radius 2 is 1.89 bits per heavy atom. The number of hydrogen-bond donors (Lipinski definition) is 1. The van der Waals surface area contributed by atoms with E-state index < -0.39 is 0 Å². The predicted octanol–water partition coefficient (Wildman–Crippen LogP) is 5.25. The lowest BCUT2D eigenvalue weighted by atomic mass is 10.0. The maximum atomic E-state index is 4.52. The molecule has 3 heteroatoms. The van der Waals surface area contributed by atoms with Crippen LogP contribution in [-0.4, -0.2) is 11.5 Å². The van der Waals surface area contributed by atoms with Gasteiger partial charge in [-0.2, -0.15) is 0 Å². The molecule has 1 heterocycles. The average Bonchev–Trinajstić information content (AvgIpc) is 2.42. The number of nitrogens with zero attached hydrogens (tertiary/aromatic N) is 1. The Hall–Kier alpha value is -0.410. The topological polar surface area (TPSA) is 24.9 Å². The highest BCUT2D eigenvalue weighted by Gasteiger charge is 2.13. The summed E-state index contributed by atoms with van der Waals surface area (Å²) in [6.07, 6.45) is 11.1. The minimum atomic E-state index is 0.381. The normalized spacial score (nSPS) is 12.6. The van der Waals surface area contributed by atoms with Gasteiger partial charge >= 0.3 is 0 Å². The van der Waals surface area contributed by atoms with Crippen molar-refractivity contribution in [2.75, 3.05) is 6.54 Å². The number of nitrogens with one attached hydrogen (secondary N) is 1. The van der Waals surface area contributed by atoms with Crippen LogP contribution < -0.4 is 5.32 Å². The first-order chi connectivity index (χ1) is 9.29. The van der Waals surface area contributed by atoms with Crippen LogP contribution in [0.2, 0.25) is 0 Å². The quantitative estimate of drug-likeness (QED) is 0.594. The third kappa shape index (κ3) is 6.53. The maximum Gasteiger partial charge on any atom is 0.0714 e. The fourth-order valence-corrected chi connectivity index (χ4v) is 2.90. The van der Waals surface area contributed by atoms with Gasteiger partial charge in [0, 0.05) is 10.7 Å². The van der Waals surface area contributed by atoms with Crippen molar-refractivity contribution in [2.24, 2.45) is 0 Å². The highest BCUT2D eigenvalue weighted by molar-refractivity contribution is 9.10. The van der Waals surface area contributed by atoms with Crippen LogP contribution in [0.15, 0.2) is 22.8 Å². The third-order valence-electron chi connectivity index (χ3n) is 3.41. The minimum Gasteiger partial charge on any atom is -0.309 e. The van der Waals surface area contributed by atoms with Crippen LogP contribution in [0.25, 0.3) is 0 Å². The first-order valence-electron chi connectivity index (χ1n) is 7.63. The molecule has 1 aromatic heterocycles. The number of unbranched alkanes of at least 4 members (excludes halogenated alkanes) is 5. The van der Waals surface area contributed by atoms with E-state index in [1.807, 2.05) is 12.3 Å². The van der Waals surface area contributed by atoms with E-state index >= 15 is 0 Å². The molecule has 0 aromatic carbocycles. The largest absolute Gasteiger partial charge is 0.309 e. The van der Waals surface area contributed by atoms with Crippen LogP contribution in [0, 0.1) is 0 Å². The minimum absolute atomic E-state index is 0.381. The number of hydrogen-bond acceptors (Lipinski definition) is 2. The molecular formula is C16H27BrN2. The molecule has 1 aromatic rings. The molecule has 0 aliphatic rings. The van der Waals surface area contributed by atoms with Crippen molar-refractivity contribution in [3.8, 4) is 0 Å². The predicted molar refractivity (Wildman–Crippen MR) is 86.3 cm³/mol. The molecule has 2 nitrogen and oxygen atoms in total. The zero-order valence-corrected chi connectivity index (χ0v) is 13.9. The van der Waals surface area contributed by atoms with Gasteiger partial charge < -0.3 is 5.32 Å². The Balaban J connectivity index is 2.39. The summed E-state index contributed by atoms with van der Waals surface area (Å²) in [6, 6.07) is 4.43. The van der Waals surface area contributed by atoms with Gasteiger partial charge in [0.2, 0.25) is 0 Å². The van der Waals surface area contributed by atoms with Crippen molar-refractivity contribution in [2.45, 2.75) is 64.8 Å². The summed E-state index contributed by atoms with van der Waals surface area (Å²) >= 11 is 3.61. The Bertz CT molecular complexity index is 341. The van der Waals surface area contributed by atoms with Crippen LogP contribution in [0.4, 0.5) is 0 Å². The monoisotopic (exact) mass is 326 g/mol. The van der Waals surface area contributed by atoms with Crippen LogP contribution in [0.5, 0.6) is 0 Å². The van der Waals surface area contributed by atoms with Gasteiger partial charge in [-0.25, -0.2) is 0 Å². The molecule has 1 atom stereocenters. The van der Waals surface area contributed by atoms with Gasteiger partial charge in [-0.1, -0.05) is 52.4 Å². The number of halogens is 1. The first-order valence-corrected chi connectivity index (χ1v) is 8.42. The van der Waals surface area contributed by atoms with Crippen molar-refractivity contribution in [3.05, 3.63) is 28.5 Å². The smallest absolute Gasteiger partial charge is 0.0714 e. The van der Waals surface area contributed by atoms with Crippen LogP contribution in [-0.2, 0) is 0 Å². The molecule has 1 unspecified atom stereocenters. The second-order valence-corrected chi connectivity index (χ2v) is 5.89. The van der Waals surface area contributed by atoms with Gasteiger partial charge in [-0.15, -0.1) is 0 Å². The van der Waals surface area contributed by atoms with Gasteiger partial charge in [0.15, 0.2) is 0 Å². The van der Waals surface area contributed by atoms with E-state index in [9.17, 15) is 0 Å². The molecule has 1 N–H and O–H groups in total. The van der Waals surface area contributed by atoms with E-state index in [0.717, 1.165) is 16.7 Å². The highest BCUT2D eigenvalue weighted by atomic mass is 79.9. The summed E-state index contributed by atoms with van der Waals surface area (Å²) in [4.78, 5) is 4.52. The van der Waals surface area contributed by atoms with Crippen molar-refractivity contribution in [1.82, 2.24) is 10.3 Å². The molecule has 0 saturated heterocycles. The molecule has 0 spiro atoms. The summed E-state index contributed by atoms with van der Waals surface area (Å²) in [5.74, 6) is 0. The van der Waals surface area contributed by atoms with Gasteiger partial charge in [0.05, 0.1) is 11.7 Å². The Labute approximate surface area is 126 Å². The SMILES string of the molecule is CCCCCCCCC(NCC)c1ncccc1Br. The molecule has 1 rings (SSSR count). The summed E-state index contributed by atoms with van der Waals surface area (Å²) in [5, 5.41) is 3.55. The maximum absolute atomic E-state index is 4.52. The van der Waals surface area contributed by atoms with Crippen LogP contribution in [0.3, 0.4) is 0 Å².